The summed E-state index contributed by atoms with van der Waals surface area (Å²) >= 11 is 0. The predicted octanol–water partition coefficient (Wildman–Crippen LogP) is 3.13. The van der Waals surface area contributed by atoms with Gasteiger partial charge in [0.1, 0.15) is 5.75 Å². The van der Waals surface area contributed by atoms with Gasteiger partial charge in [0.15, 0.2) is 0 Å². The minimum absolute atomic E-state index is 0.498. The van der Waals surface area contributed by atoms with Crippen LogP contribution in [0, 0.1) is 6.92 Å². The molecule has 2 heterocycles. The number of hydrogen-bond donors (Lipinski definition) is 0. The van der Waals surface area contributed by atoms with E-state index in [1.165, 1.54) is 0 Å². The molecule has 0 spiro atoms. The maximum absolute atomic E-state index is 5.67. The van der Waals surface area contributed by atoms with Crippen LogP contribution in [-0.4, -0.2) is 15.0 Å². The normalized spacial score (nSPS) is 10.5. The number of hydrogen-bond acceptors (Lipinski definition) is 4. The molecule has 0 unspecified atom stereocenters. The maximum atomic E-state index is 5.67. The van der Waals surface area contributed by atoms with E-state index in [1.54, 1.807) is 18.6 Å². The smallest absolute Gasteiger partial charge is 0.238 e. The third-order valence-electron chi connectivity index (χ3n) is 2.53. The molecule has 0 radical (unpaired) electrons. The molecular weight excluding hydrogens is 226 g/mol. The van der Waals surface area contributed by atoms with Crippen LogP contribution in [-0.2, 0) is 0 Å². The highest BCUT2D eigenvalue weighted by molar-refractivity contribution is 5.79. The van der Waals surface area contributed by atoms with Crippen molar-refractivity contribution in [3.8, 4) is 11.6 Å². The molecule has 88 valence electrons. The van der Waals surface area contributed by atoms with E-state index in [-0.39, 0.29) is 0 Å². The van der Waals surface area contributed by atoms with Crippen molar-refractivity contribution in [3.63, 3.8) is 0 Å². The molecule has 0 aliphatic heterocycles. The van der Waals surface area contributed by atoms with Gasteiger partial charge in [-0.05, 0) is 31.2 Å². The first kappa shape index (κ1) is 10.7. The highest BCUT2D eigenvalue weighted by Crippen LogP contribution is 2.23. The summed E-state index contributed by atoms with van der Waals surface area (Å²) in [4.78, 5) is 12.6. The lowest BCUT2D eigenvalue weighted by Gasteiger charge is -2.05. The molecule has 2 aromatic heterocycles. The zero-order chi connectivity index (χ0) is 12.4. The summed E-state index contributed by atoms with van der Waals surface area (Å²) in [5.41, 5.74) is 1.77. The van der Waals surface area contributed by atoms with E-state index in [0.29, 0.717) is 5.88 Å². The quantitative estimate of drug-likeness (QED) is 0.687. The van der Waals surface area contributed by atoms with Crippen LogP contribution in [0.4, 0.5) is 0 Å². The largest absolute Gasteiger partial charge is 0.437 e. The number of pyridine rings is 1. The molecule has 0 saturated heterocycles. The Morgan fingerprint density at radius 3 is 2.94 bits per heavy atom. The lowest BCUT2D eigenvalue weighted by molar-refractivity contribution is 0.459. The van der Waals surface area contributed by atoms with E-state index in [0.717, 1.165) is 22.3 Å². The summed E-state index contributed by atoms with van der Waals surface area (Å²) in [5, 5.41) is 1.04. The fourth-order valence-corrected chi connectivity index (χ4v) is 1.73. The molecule has 0 aliphatic carbocycles. The van der Waals surface area contributed by atoms with Gasteiger partial charge in [-0.1, -0.05) is 6.07 Å². The Balaban J connectivity index is 1.95. The Morgan fingerprint density at radius 1 is 1.11 bits per heavy atom. The number of ether oxygens (including phenoxy) is 1. The van der Waals surface area contributed by atoms with Crippen molar-refractivity contribution in [2.45, 2.75) is 6.92 Å². The van der Waals surface area contributed by atoms with Crippen LogP contribution in [0.1, 0.15) is 5.69 Å². The van der Waals surface area contributed by atoms with Crippen molar-refractivity contribution in [2.75, 3.05) is 0 Å². The number of rotatable bonds is 2. The van der Waals surface area contributed by atoms with Crippen molar-refractivity contribution in [1.29, 1.82) is 0 Å². The Bertz CT molecular complexity index is 697. The van der Waals surface area contributed by atoms with E-state index < -0.39 is 0 Å². The highest BCUT2D eigenvalue weighted by atomic mass is 16.5. The summed E-state index contributed by atoms with van der Waals surface area (Å²) in [6, 6.07) is 9.63. The van der Waals surface area contributed by atoms with Crippen LogP contribution in [0.5, 0.6) is 11.6 Å². The van der Waals surface area contributed by atoms with Gasteiger partial charge in [-0.2, -0.15) is 0 Å². The third kappa shape index (κ3) is 2.13. The SMILES string of the molecule is Cc1cncc(Oc2ccc3ncccc3c2)n1. The van der Waals surface area contributed by atoms with Gasteiger partial charge < -0.3 is 4.74 Å². The molecule has 0 bridgehead atoms. The van der Waals surface area contributed by atoms with Crippen LogP contribution < -0.4 is 4.74 Å². The van der Waals surface area contributed by atoms with E-state index >= 15 is 0 Å². The Morgan fingerprint density at radius 2 is 2.06 bits per heavy atom. The van der Waals surface area contributed by atoms with E-state index in [2.05, 4.69) is 15.0 Å². The molecule has 3 rings (SSSR count). The first-order valence-corrected chi connectivity index (χ1v) is 5.62. The van der Waals surface area contributed by atoms with Crippen molar-refractivity contribution in [3.05, 3.63) is 54.6 Å². The molecule has 1 aromatic carbocycles. The van der Waals surface area contributed by atoms with Gasteiger partial charge in [0.25, 0.3) is 0 Å². The summed E-state index contributed by atoms with van der Waals surface area (Å²) in [6.45, 7) is 1.88. The second kappa shape index (κ2) is 4.41. The van der Waals surface area contributed by atoms with E-state index in [9.17, 15) is 0 Å². The van der Waals surface area contributed by atoms with Gasteiger partial charge in [-0.25, -0.2) is 4.98 Å². The van der Waals surface area contributed by atoms with Crippen molar-refractivity contribution in [2.24, 2.45) is 0 Å². The van der Waals surface area contributed by atoms with Crippen LogP contribution in [0.3, 0.4) is 0 Å². The fourth-order valence-electron chi connectivity index (χ4n) is 1.73. The minimum Gasteiger partial charge on any atom is -0.437 e. The predicted molar refractivity (Wildman–Crippen MR) is 68.6 cm³/mol. The Hall–Kier alpha value is -2.49. The molecule has 0 atom stereocenters. The van der Waals surface area contributed by atoms with Crippen molar-refractivity contribution in [1.82, 2.24) is 15.0 Å². The maximum Gasteiger partial charge on any atom is 0.238 e. The first-order valence-electron chi connectivity index (χ1n) is 5.62. The van der Waals surface area contributed by atoms with Gasteiger partial charge in [0.05, 0.1) is 17.4 Å². The van der Waals surface area contributed by atoms with Gasteiger partial charge >= 0.3 is 0 Å². The molecule has 0 saturated carbocycles. The minimum atomic E-state index is 0.498. The molecule has 4 nitrogen and oxygen atoms in total. The number of aryl methyl sites for hydroxylation is 1. The van der Waals surface area contributed by atoms with Crippen molar-refractivity contribution < 1.29 is 4.74 Å². The lowest BCUT2D eigenvalue weighted by Crippen LogP contribution is -1.91. The summed E-state index contributed by atoms with van der Waals surface area (Å²) in [5.74, 6) is 1.23. The van der Waals surface area contributed by atoms with Crippen LogP contribution in [0.25, 0.3) is 10.9 Å². The summed E-state index contributed by atoms with van der Waals surface area (Å²) < 4.78 is 5.67. The van der Waals surface area contributed by atoms with Gasteiger partial charge in [0.2, 0.25) is 5.88 Å². The molecule has 4 heteroatoms. The molecule has 0 amide bonds. The topological polar surface area (TPSA) is 47.9 Å². The fraction of sp³-hybridized carbons (Fsp3) is 0.0714. The van der Waals surface area contributed by atoms with E-state index in [4.69, 9.17) is 4.74 Å². The monoisotopic (exact) mass is 237 g/mol. The average molecular weight is 237 g/mol. The third-order valence-corrected chi connectivity index (χ3v) is 2.53. The van der Waals surface area contributed by atoms with Crippen LogP contribution in [0.15, 0.2) is 48.9 Å². The number of aromatic nitrogens is 3. The van der Waals surface area contributed by atoms with Gasteiger partial charge in [-0.3, -0.25) is 9.97 Å². The Labute approximate surface area is 104 Å². The molecule has 0 aliphatic rings. The zero-order valence-electron chi connectivity index (χ0n) is 9.87. The summed E-state index contributed by atoms with van der Waals surface area (Å²) in [6.07, 6.45) is 5.06. The number of nitrogens with zero attached hydrogens (tertiary/aromatic N) is 3. The molecule has 0 fully saturated rings. The molecule has 3 aromatic rings. The Kier molecular flexibility index (Phi) is 2.61. The second-order valence-corrected chi connectivity index (χ2v) is 3.96. The van der Waals surface area contributed by atoms with E-state index in [1.807, 2.05) is 37.3 Å². The summed E-state index contributed by atoms with van der Waals surface area (Å²) in [7, 11) is 0. The number of fused-ring (bicyclic) bond motifs is 1. The highest BCUT2D eigenvalue weighted by Gasteiger charge is 2.01. The van der Waals surface area contributed by atoms with Gasteiger partial charge in [0, 0.05) is 17.8 Å². The van der Waals surface area contributed by atoms with Crippen LogP contribution >= 0.6 is 0 Å². The first-order chi connectivity index (χ1) is 8.81. The van der Waals surface area contributed by atoms with Crippen LogP contribution in [0.2, 0.25) is 0 Å². The average Bonchev–Trinajstić information content (AvgIpc) is 2.39. The van der Waals surface area contributed by atoms with Gasteiger partial charge in [-0.15, -0.1) is 0 Å². The second-order valence-electron chi connectivity index (χ2n) is 3.96. The standard InChI is InChI=1S/C14H11N3O/c1-10-8-15-9-14(17-10)18-12-4-5-13-11(7-12)3-2-6-16-13/h2-9H,1H3. The lowest BCUT2D eigenvalue weighted by atomic mass is 10.2. The molecule has 18 heavy (non-hydrogen) atoms. The number of benzene rings is 1. The van der Waals surface area contributed by atoms with Crippen molar-refractivity contribution >= 4 is 10.9 Å². The molecule has 0 N–H and O–H groups in total. The molecular formula is C14H11N3O. The zero-order valence-corrected chi connectivity index (χ0v) is 9.87.